The van der Waals surface area contributed by atoms with Crippen molar-refractivity contribution >= 4 is 47.4 Å². The molecule has 0 bridgehead atoms. The van der Waals surface area contributed by atoms with Gasteiger partial charge in [-0.15, -0.1) is 0 Å². The van der Waals surface area contributed by atoms with E-state index in [1.807, 2.05) is 83.8 Å². The van der Waals surface area contributed by atoms with E-state index in [0.717, 1.165) is 33.9 Å². The largest absolute Gasteiger partial charge is 0.462 e. The lowest BCUT2D eigenvalue weighted by atomic mass is 10.1. The summed E-state index contributed by atoms with van der Waals surface area (Å²) in [7, 11) is 0. The van der Waals surface area contributed by atoms with E-state index < -0.39 is 28.5 Å². The van der Waals surface area contributed by atoms with E-state index in [4.69, 9.17) is 29.4 Å². The fourth-order valence-electron chi connectivity index (χ4n) is 9.11. The second kappa shape index (κ2) is 34.7. The van der Waals surface area contributed by atoms with Crippen molar-refractivity contribution < 1.29 is 51.6 Å². The zero-order valence-corrected chi connectivity index (χ0v) is 54.9. The molecular weight excluding hydrogens is 1320 g/mol. The molecule has 0 aliphatic carbocycles. The third-order valence-corrected chi connectivity index (χ3v) is 14.0. The van der Waals surface area contributed by atoms with Gasteiger partial charge in [-0.25, -0.2) is 43.6 Å². The first-order chi connectivity index (χ1) is 48.6. The van der Waals surface area contributed by atoms with Gasteiger partial charge in [0.1, 0.15) is 26.7 Å². The SMILES string of the molecule is C.CC(=O)NCn1cc(-c2ccc(-n3ccc(/C=N/NC(C)=O)c3)cc2)c(=O)o1.CC(=O)NCn1cc(-c2ccc(-n3cccn3)cc2)c(=O)o1.CCOC(=O)c1cnn(-c2ccc(-c3cn(CNC(C)=O)oc3=O)cc2)c1.[C-]#[N+]c1cnn(-c2ccc(-c3cn(CNC(C)=O)oc3=O)cc2)c1. The Morgan fingerprint density at radius 2 is 0.863 bits per heavy atom. The fourth-order valence-corrected chi connectivity index (χ4v) is 9.11. The van der Waals surface area contributed by atoms with Crippen LogP contribution in [0.2, 0.25) is 0 Å². The van der Waals surface area contributed by atoms with E-state index in [1.165, 1.54) is 78.4 Å². The van der Waals surface area contributed by atoms with Crippen LogP contribution in [0.15, 0.2) is 226 Å². The van der Waals surface area contributed by atoms with E-state index in [9.17, 15) is 47.9 Å². The highest BCUT2D eigenvalue weighted by Gasteiger charge is 2.16. The van der Waals surface area contributed by atoms with Crippen molar-refractivity contribution in [2.24, 2.45) is 5.10 Å². The second-order valence-corrected chi connectivity index (χ2v) is 21.5. The Morgan fingerprint density at radius 3 is 1.22 bits per heavy atom. The first kappa shape index (κ1) is 73.6. The van der Waals surface area contributed by atoms with Crippen LogP contribution < -0.4 is 49.2 Å². The molecule has 0 radical (unpaired) electrons. The highest BCUT2D eigenvalue weighted by atomic mass is 16.5. The monoisotopic (exact) mass is 1390 g/mol. The zero-order valence-electron chi connectivity index (χ0n) is 54.9. The lowest BCUT2D eigenvalue weighted by molar-refractivity contribution is -0.120. The van der Waals surface area contributed by atoms with Crippen molar-refractivity contribution in [3.63, 3.8) is 0 Å². The van der Waals surface area contributed by atoms with Crippen LogP contribution in [0.3, 0.4) is 0 Å². The fraction of sp³-hybridized carbons (Fsp3) is 0.174. The summed E-state index contributed by atoms with van der Waals surface area (Å²) in [5.41, 5.74) is 9.78. The van der Waals surface area contributed by atoms with Crippen LogP contribution in [0.25, 0.3) is 72.1 Å². The van der Waals surface area contributed by atoms with Gasteiger partial charge < -0.3 is 48.7 Å². The summed E-state index contributed by atoms with van der Waals surface area (Å²) < 4.78 is 37.0. The number of rotatable bonds is 20. The average molecular weight is 1390 g/mol. The quantitative estimate of drug-likeness (QED) is 0.0222. The number of ether oxygens (including phenoxy) is 1. The molecule has 12 aromatic rings. The summed E-state index contributed by atoms with van der Waals surface area (Å²) in [6.07, 6.45) is 21.1. The van der Waals surface area contributed by atoms with Crippen LogP contribution in [-0.4, -0.2) is 101 Å². The minimum Gasteiger partial charge on any atom is -0.462 e. The van der Waals surface area contributed by atoms with E-state index in [0.29, 0.717) is 56.8 Å². The van der Waals surface area contributed by atoms with Crippen molar-refractivity contribution in [1.82, 2.24) is 79.6 Å². The number of esters is 1. The Hall–Kier alpha value is -14.2. The van der Waals surface area contributed by atoms with Gasteiger partial charge in [-0.2, -0.15) is 39.4 Å². The topological polar surface area (TPSA) is 387 Å². The number of aromatic nitrogens is 11. The Bertz CT molecular complexity index is 5180. The molecule has 33 nitrogen and oxygen atoms in total. The van der Waals surface area contributed by atoms with Crippen LogP contribution in [0, 0.1) is 6.57 Å². The van der Waals surface area contributed by atoms with Crippen molar-refractivity contribution in [3.8, 4) is 67.3 Å². The summed E-state index contributed by atoms with van der Waals surface area (Å²) in [4.78, 5) is 117. The number of benzene rings is 4. The molecular formula is C69H68N18O15. The first-order valence-corrected chi connectivity index (χ1v) is 30.4. The third kappa shape index (κ3) is 20.2. The molecule has 5 amide bonds. The van der Waals surface area contributed by atoms with Gasteiger partial charge in [0.2, 0.25) is 35.2 Å². The number of carbonyl (C=O) groups excluding carboxylic acids is 6. The normalized spacial score (nSPS) is 10.5. The molecule has 0 saturated heterocycles. The summed E-state index contributed by atoms with van der Waals surface area (Å²) in [6, 6.07) is 32.6. The Balaban J connectivity index is 0.000000173. The van der Waals surface area contributed by atoms with E-state index in [2.05, 4.69) is 51.9 Å². The average Bonchev–Trinajstić information content (AvgIpc) is 1.68. The molecule has 0 aliphatic rings. The minimum atomic E-state index is -0.503. The molecule has 5 N–H and O–H groups in total. The molecule has 0 fully saturated rings. The summed E-state index contributed by atoms with van der Waals surface area (Å²) in [5.74, 6) is -1.51. The number of hydrogen-bond donors (Lipinski definition) is 5. The van der Waals surface area contributed by atoms with Gasteiger partial charge in [-0.1, -0.05) is 56.0 Å². The molecule has 0 unspecified atom stereocenters. The number of amides is 5. The van der Waals surface area contributed by atoms with Gasteiger partial charge in [0.05, 0.1) is 101 Å². The van der Waals surface area contributed by atoms with Crippen LogP contribution >= 0.6 is 0 Å². The Labute approximate surface area is 578 Å². The Morgan fingerprint density at radius 1 is 0.480 bits per heavy atom. The van der Waals surface area contributed by atoms with Gasteiger partial charge in [-0.3, -0.25) is 28.7 Å². The highest BCUT2D eigenvalue weighted by Crippen LogP contribution is 2.24. The lowest BCUT2D eigenvalue weighted by Gasteiger charge is -2.03. The molecule has 4 aromatic carbocycles. The van der Waals surface area contributed by atoms with Gasteiger partial charge >= 0.3 is 28.5 Å². The van der Waals surface area contributed by atoms with Crippen molar-refractivity contribution in [1.29, 1.82) is 0 Å². The van der Waals surface area contributed by atoms with Gasteiger partial charge in [0, 0.05) is 83.1 Å². The molecule has 8 aromatic heterocycles. The van der Waals surface area contributed by atoms with E-state index >= 15 is 0 Å². The zero-order chi connectivity index (χ0) is 72.1. The molecule has 33 heteroatoms. The molecule has 8 heterocycles. The van der Waals surface area contributed by atoms with E-state index in [-0.39, 0.29) is 63.6 Å². The lowest BCUT2D eigenvalue weighted by Crippen LogP contribution is -2.22. The number of hydrazone groups is 1. The summed E-state index contributed by atoms with van der Waals surface area (Å²) >= 11 is 0. The predicted molar refractivity (Wildman–Crippen MR) is 370 cm³/mol. The molecule has 0 spiro atoms. The molecule has 12 rings (SSSR count). The number of nitrogens with one attached hydrogen (secondary N) is 5. The van der Waals surface area contributed by atoms with Crippen molar-refractivity contribution in [3.05, 3.63) is 248 Å². The van der Waals surface area contributed by atoms with Crippen LogP contribution in [0.5, 0.6) is 0 Å². The van der Waals surface area contributed by atoms with Gasteiger partial charge in [0.25, 0.3) is 0 Å². The van der Waals surface area contributed by atoms with Gasteiger partial charge in [-0.05, 0) is 89.8 Å². The number of hydrogen-bond acceptors (Lipinski definition) is 19. The summed E-state index contributed by atoms with van der Waals surface area (Å²) in [6.45, 7) is 16.3. The van der Waals surface area contributed by atoms with Gasteiger partial charge in [0.15, 0.2) is 0 Å². The van der Waals surface area contributed by atoms with Crippen LogP contribution in [0.1, 0.15) is 64.9 Å². The molecule has 0 aliphatic heterocycles. The number of nitrogens with zero attached hydrogens (tertiary/aromatic N) is 13. The maximum Gasteiger partial charge on any atom is 0.365 e. The number of carbonyl (C=O) groups is 6. The Kier molecular flexibility index (Phi) is 25.0. The highest BCUT2D eigenvalue weighted by molar-refractivity contribution is 5.89. The minimum absolute atomic E-state index is 0. The van der Waals surface area contributed by atoms with Crippen molar-refractivity contribution in [2.75, 3.05) is 6.61 Å². The van der Waals surface area contributed by atoms with Crippen molar-refractivity contribution in [2.45, 2.75) is 75.6 Å². The molecule has 102 heavy (non-hydrogen) atoms. The standard InChI is InChI=1S/C19H19N5O4.C18H18N4O5.C16H13N5O3.C15H14N4O3.CH4/c1-13(25)20-12-24-11-18(19(27)28-24)16-3-5-17(6-4-16)23-8-7-15(10-23)9-21-22-14(2)26;1-3-26-17(24)14-8-20-22(9-14)15-6-4-13(5-7-15)16-10-21(27-18(16)25)11-19-12(2)23;1-11(22)18-10-20-9-15(16(23)24-20)12-3-5-14(6-4-12)21-8-13(17-2)7-19-21;1-11(20)16-10-18-9-14(15(21)22-18)12-3-5-13(6-4-12)19-8-2-7-17-19;/h3-11H,12H2,1-2H3,(H,20,25)(H,22,26);4-10H,3,11H2,1-2H3,(H,19,23);3-9H,10H2,1H3,(H,18,22);2-9H,10H2,1H3,(H,16,20);1H4/b21-9+;;;;. The predicted octanol–water partition coefficient (Wildman–Crippen LogP) is 6.99. The smallest absolute Gasteiger partial charge is 0.365 e. The maximum atomic E-state index is 12.0. The molecule has 0 saturated carbocycles. The third-order valence-electron chi connectivity index (χ3n) is 14.0. The maximum absolute atomic E-state index is 12.0. The van der Waals surface area contributed by atoms with Crippen LogP contribution in [0.4, 0.5) is 5.69 Å². The van der Waals surface area contributed by atoms with Crippen LogP contribution in [-0.2, 0) is 55.4 Å². The first-order valence-electron chi connectivity index (χ1n) is 30.4. The second-order valence-electron chi connectivity index (χ2n) is 21.5. The molecule has 524 valence electrons. The molecule has 0 atom stereocenters. The van der Waals surface area contributed by atoms with E-state index in [1.54, 1.807) is 107 Å². The summed E-state index contributed by atoms with van der Waals surface area (Å²) in [5, 5.41) is 26.4.